The van der Waals surface area contributed by atoms with E-state index < -0.39 is 6.43 Å². The van der Waals surface area contributed by atoms with Crippen LogP contribution < -0.4 is 4.74 Å². The molecule has 0 atom stereocenters. The first-order valence-corrected chi connectivity index (χ1v) is 6.62. The SMILES string of the molecule is Cc1cc(OCc2ccccc2)c(Br)cc1C(F)F. The first-order chi connectivity index (χ1) is 9.08. The van der Waals surface area contributed by atoms with E-state index in [0.717, 1.165) is 5.56 Å². The Balaban J connectivity index is 2.15. The van der Waals surface area contributed by atoms with Crippen LogP contribution >= 0.6 is 15.9 Å². The van der Waals surface area contributed by atoms with E-state index in [0.29, 0.717) is 22.4 Å². The minimum atomic E-state index is -2.47. The Morgan fingerprint density at radius 2 is 1.84 bits per heavy atom. The zero-order valence-corrected chi connectivity index (χ0v) is 12.0. The lowest BCUT2D eigenvalue weighted by molar-refractivity contribution is 0.150. The van der Waals surface area contributed by atoms with E-state index in [9.17, 15) is 8.78 Å². The Bertz CT molecular complexity index is 556. The van der Waals surface area contributed by atoms with Crippen LogP contribution in [0.1, 0.15) is 23.1 Å². The second kappa shape index (κ2) is 6.15. The molecule has 0 fully saturated rings. The smallest absolute Gasteiger partial charge is 0.264 e. The van der Waals surface area contributed by atoms with Gasteiger partial charge in [0.05, 0.1) is 4.47 Å². The summed E-state index contributed by atoms with van der Waals surface area (Å²) in [5.41, 5.74) is 1.59. The molecule has 0 aliphatic heterocycles. The Morgan fingerprint density at radius 1 is 1.16 bits per heavy atom. The second-order valence-electron chi connectivity index (χ2n) is 4.21. The summed E-state index contributed by atoms with van der Waals surface area (Å²) in [6, 6.07) is 12.7. The van der Waals surface area contributed by atoms with Gasteiger partial charge in [-0.2, -0.15) is 0 Å². The van der Waals surface area contributed by atoms with Crippen LogP contribution in [0.25, 0.3) is 0 Å². The maximum atomic E-state index is 12.7. The van der Waals surface area contributed by atoms with Gasteiger partial charge in [0.25, 0.3) is 6.43 Å². The quantitative estimate of drug-likeness (QED) is 0.743. The lowest BCUT2D eigenvalue weighted by atomic mass is 10.1. The van der Waals surface area contributed by atoms with Gasteiger partial charge in [-0.15, -0.1) is 0 Å². The van der Waals surface area contributed by atoms with Gasteiger partial charge in [0.2, 0.25) is 0 Å². The molecule has 0 aromatic heterocycles. The predicted octanol–water partition coefficient (Wildman–Crippen LogP) is 5.27. The van der Waals surface area contributed by atoms with Crippen LogP contribution in [0.4, 0.5) is 8.78 Å². The Hall–Kier alpha value is -1.42. The maximum absolute atomic E-state index is 12.7. The van der Waals surface area contributed by atoms with Gasteiger partial charge in [-0.25, -0.2) is 8.78 Å². The molecule has 0 N–H and O–H groups in total. The largest absolute Gasteiger partial charge is 0.488 e. The summed E-state index contributed by atoms with van der Waals surface area (Å²) in [6.45, 7) is 2.07. The first kappa shape index (κ1) is 14.0. The Morgan fingerprint density at radius 3 is 2.47 bits per heavy atom. The molecule has 0 aliphatic carbocycles. The molecule has 19 heavy (non-hydrogen) atoms. The average Bonchev–Trinajstić information content (AvgIpc) is 2.40. The van der Waals surface area contributed by atoms with Gasteiger partial charge in [0, 0.05) is 5.56 Å². The average molecular weight is 327 g/mol. The van der Waals surface area contributed by atoms with Crippen molar-refractivity contribution in [2.24, 2.45) is 0 Å². The number of aryl methyl sites for hydroxylation is 1. The highest BCUT2D eigenvalue weighted by molar-refractivity contribution is 9.10. The maximum Gasteiger partial charge on any atom is 0.264 e. The topological polar surface area (TPSA) is 9.23 Å². The van der Waals surface area contributed by atoms with Crippen LogP contribution in [0.2, 0.25) is 0 Å². The van der Waals surface area contributed by atoms with Gasteiger partial charge < -0.3 is 4.74 Å². The number of benzene rings is 2. The highest BCUT2D eigenvalue weighted by atomic mass is 79.9. The number of ether oxygens (including phenoxy) is 1. The third-order valence-electron chi connectivity index (χ3n) is 2.79. The fourth-order valence-corrected chi connectivity index (χ4v) is 2.23. The highest BCUT2D eigenvalue weighted by Gasteiger charge is 2.14. The Labute approximate surface area is 119 Å². The van der Waals surface area contributed by atoms with Crippen molar-refractivity contribution in [1.29, 1.82) is 0 Å². The molecule has 0 aliphatic rings. The van der Waals surface area contributed by atoms with Crippen molar-refractivity contribution in [3.8, 4) is 5.75 Å². The van der Waals surface area contributed by atoms with Crippen LogP contribution in [0.5, 0.6) is 5.75 Å². The molecule has 0 amide bonds. The number of rotatable bonds is 4. The van der Waals surface area contributed by atoms with E-state index in [-0.39, 0.29) is 5.56 Å². The first-order valence-electron chi connectivity index (χ1n) is 5.83. The molecule has 0 saturated heterocycles. The monoisotopic (exact) mass is 326 g/mol. The molecule has 0 radical (unpaired) electrons. The molecule has 2 aromatic rings. The van der Waals surface area contributed by atoms with Crippen LogP contribution in [-0.4, -0.2) is 0 Å². The number of hydrogen-bond donors (Lipinski definition) is 0. The van der Waals surface area contributed by atoms with Crippen LogP contribution in [0.15, 0.2) is 46.9 Å². The van der Waals surface area contributed by atoms with Crippen molar-refractivity contribution >= 4 is 15.9 Å². The summed E-state index contributed by atoms with van der Waals surface area (Å²) in [4.78, 5) is 0. The third-order valence-corrected chi connectivity index (χ3v) is 3.41. The molecule has 0 heterocycles. The third kappa shape index (κ3) is 3.53. The van der Waals surface area contributed by atoms with E-state index in [1.54, 1.807) is 13.0 Å². The predicted molar refractivity (Wildman–Crippen MR) is 74.6 cm³/mol. The minimum Gasteiger partial charge on any atom is -0.488 e. The van der Waals surface area contributed by atoms with Crippen molar-refractivity contribution in [1.82, 2.24) is 0 Å². The van der Waals surface area contributed by atoms with E-state index >= 15 is 0 Å². The van der Waals surface area contributed by atoms with Crippen LogP contribution in [0.3, 0.4) is 0 Å². The molecule has 0 saturated carbocycles. The number of hydrogen-bond acceptors (Lipinski definition) is 1. The fraction of sp³-hybridized carbons (Fsp3) is 0.200. The standard InChI is InChI=1S/C15H13BrF2O/c1-10-7-14(13(16)8-12(10)15(17)18)19-9-11-5-3-2-4-6-11/h2-8,15H,9H2,1H3. The zero-order chi connectivity index (χ0) is 13.8. The fourth-order valence-electron chi connectivity index (χ4n) is 1.75. The molecule has 0 unspecified atom stereocenters. The highest BCUT2D eigenvalue weighted by Crippen LogP contribution is 2.33. The van der Waals surface area contributed by atoms with Crippen LogP contribution in [-0.2, 0) is 6.61 Å². The summed E-state index contributed by atoms with van der Waals surface area (Å²) in [6.07, 6.45) is -2.47. The van der Waals surface area contributed by atoms with E-state index in [1.807, 2.05) is 30.3 Å². The molecule has 4 heteroatoms. The number of halogens is 3. The number of alkyl halides is 2. The summed E-state index contributed by atoms with van der Waals surface area (Å²) in [7, 11) is 0. The van der Waals surface area contributed by atoms with Gasteiger partial charge in [-0.05, 0) is 46.1 Å². The normalized spacial score (nSPS) is 10.8. The van der Waals surface area contributed by atoms with Crippen molar-refractivity contribution in [2.75, 3.05) is 0 Å². The molecular formula is C15H13BrF2O. The molecule has 1 nitrogen and oxygen atoms in total. The van der Waals surface area contributed by atoms with E-state index in [4.69, 9.17) is 4.74 Å². The molecule has 2 aromatic carbocycles. The lowest BCUT2D eigenvalue weighted by Crippen LogP contribution is -1.98. The summed E-state index contributed by atoms with van der Waals surface area (Å²) < 4.78 is 31.6. The minimum absolute atomic E-state index is 0.0268. The van der Waals surface area contributed by atoms with Crippen molar-refractivity contribution in [3.63, 3.8) is 0 Å². The summed E-state index contributed by atoms with van der Waals surface area (Å²) >= 11 is 3.26. The van der Waals surface area contributed by atoms with Gasteiger partial charge in [0.1, 0.15) is 12.4 Å². The van der Waals surface area contributed by atoms with Crippen molar-refractivity contribution < 1.29 is 13.5 Å². The van der Waals surface area contributed by atoms with Gasteiger partial charge in [0.15, 0.2) is 0 Å². The molecule has 2 rings (SSSR count). The van der Waals surface area contributed by atoms with Gasteiger partial charge in [-0.3, -0.25) is 0 Å². The van der Waals surface area contributed by atoms with Crippen LogP contribution in [0, 0.1) is 6.92 Å². The zero-order valence-electron chi connectivity index (χ0n) is 10.4. The van der Waals surface area contributed by atoms with Crippen molar-refractivity contribution in [3.05, 3.63) is 63.6 Å². The molecule has 100 valence electrons. The summed E-state index contributed by atoms with van der Waals surface area (Å²) in [5.74, 6) is 0.575. The summed E-state index contributed by atoms with van der Waals surface area (Å²) in [5, 5.41) is 0. The van der Waals surface area contributed by atoms with Gasteiger partial charge in [-0.1, -0.05) is 30.3 Å². The lowest BCUT2D eigenvalue weighted by Gasteiger charge is -2.12. The molecule has 0 bridgehead atoms. The second-order valence-corrected chi connectivity index (χ2v) is 5.07. The Kier molecular flexibility index (Phi) is 4.53. The molecular weight excluding hydrogens is 314 g/mol. The van der Waals surface area contributed by atoms with E-state index in [1.165, 1.54) is 6.07 Å². The van der Waals surface area contributed by atoms with E-state index in [2.05, 4.69) is 15.9 Å². The van der Waals surface area contributed by atoms with Crippen molar-refractivity contribution in [2.45, 2.75) is 20.0 Å². The van der Waals surface area contributed by atoms with Gasteiger partial charge >= 0.3 is 0 Å². The molecule has 0 spiro atoms.